The molecule has 0 amide bonds. The predicted octanol–water partition coefficient (Wildman–Crippen LogP) is 2.62. The van der Waals surface area contributed by atoms with Crippen molar-refractivity contribution < 1.29 is 17.9 Å². The Hall–Kier alpha value is -1.08. The second kappa shape index (κ2) is 5.50. The first kappa shape index (κ1) is 14.3. The highest BCUT2D eigenvalue weighted by molar-refractivity contribution is 6.28. The van der Waals surface area contributed by atoms with E-state index in [1.807, 2.05) is 7.05 Å². The summed E-state index contributed by atoms with van der Waals surface area (Å²) >= 11 is 5.45. The van der Waals surface area contributed by atoms with Gasteiger partial charge in [0.25, 0.3) is 0 Å². The van der Waals surface area contributed by atoms with Gasteiger partial charge in [-0.25, -0.2) is 4.98 Å². The molecule has 1 aromatic heterocycles. The molecule has 1 aliphatic carbocycles. The molecule has 2 rings (SSSR count). The Kier molecular flexibility index (Phi) is 4.15. The molecule has 0 aromatic carbocycles. The molecule has 0 N–H and O–H groups in total. The van der Waals surface area contributed by atoms with Crippen LogP contribution in [0.2, 0.25) is 5.28 Å². The maximum absolute atomic E-state index is 12.5. The van der Waals surface area contributed by atoms with E-state index in [9.17, 15) is 13.2 Å². The van der Waals surface area contributed by atoms with E-state index in [1.54, 1.807) is 0 Å². The number of likely N-dealkylation sites (N-methyl/N-ethyl adjacent to an activating group) is 1. The van der Waals surface area contributed by atoms with Crippen LogP contribution in [0, 0.1) is 0 Å². The van der Waals surface area contributed by atoms with Crippen LogP contribution >= 0.6 is 11.6 Å². The van der Waals surface area contributed by atoms with E-state index in [1.165, 1.54) is 0 Å². The summed E-state index contributed by atoms with van der Waals surface area (Å²) in [4.78, 5) is 8.85. The van der Waals surface area contributed by atoms with Crippen molar-refractivity contribution in [1.29, 1.82) is 0 Å². The molecule has 0 radical (unpaired) electrons. The first-order chi connectivity index (χ1) is 8.86. The van der Waals surface area contributed by atoms with Gasteiger partial charge in [0, 0.05) is 18.7 Å². The Morgan fingerprint density at radius 3 is 2.68 bits per heavy atom. The van der Waals surface area contributed by atoms with Crippen LogP contribution in [0.4, 0.5) is 13.2 Å². The highest BCUT2D eigenvalue weighted by atomic mass is 35.5. The average molecular weight is 296 g/mol. The molecule has 0 spiro atoms. The van der Waals surface area contributed by atoms with E-state index in [0.29, 0.717) is 12.6 Å². The van der Waals surface area contributed by atoms with E-state index in [-0.39, 0.29) is 12.5 Å². The molecule has 1 saturated carbocycles. The molecule has 0 saturated heterocycles. The van der Waals surface area contributed by atoms with Crippen molar-refractivity contribution >= 4 is 11.6 Å². The molecule has 8 heteroatoms. The molecule has 1 aliphatic rings. The van der Waals surface area contributed by atoms with Crippen LogP contribution in [-0.4, -0.2) is 41.1 Å². The molecule has 1 aromatic rings. The topological polar surface area (TPSA) is 38.2 Å². The molecular formula is C11H13ClF3N3O. The number of hydrogen-bond acceptors (Lipinski definition) is 4. The molecule has 106 valence electrons. The number of hydrogen-bond donors (Lipinski definition) is 0. The van der Waals surface area contributed by atoms with Crippen LogP contribution in [0.5, 0.6) is 5.88 Å². The lowest BCUT2D eigenvalue weighted by Crippen LogP contribution is -2.26. The SMILES string of the molecule is CN(CCOc1cc(C(F)(F)F)nc(Cl)n1)C1CC1. The molecule has 0 unspecified atom stereocenters. The predicted molar refractivity (Wildman–Crippen MR) is 63.2 cm³/mol. The summed E-state index contributed by atoms with van der Waals surface area (Å²) in [6, 6.07) is 1.33. The van der Waals surface area contributed by atoms with Gasteiger partial charge in [0.2, 0.25) is 11.2 Å². The standard InChI is InChI=1S/C11H13ClF3N3O/c1-18(7-2-3-7)4-5-19-9-6-8(11(13,14)15)16-10(12)17-9/h6-7H,2-5H2,1H3. The lowest BCUT2D eigenvalue weighted by Gasteiger charge is -2.15. The smallest absolute Gasteiger partial charge is 0.433 e. The zero-order valence-corrected chi connectivity index (χ0v) is 11.0. The van der Waals surface area contributed by atoms with Crippen molar-refractivity contribution in [2.24, 2.45) is 0 Å². The van der Waals surface area contributed by atoms with Crippen LogP contribution in [0.15, 0.2) is 6.07 Å². The van der Waals surface area contributed by atoms with E-state index in [0.717, 1.165) is 18.9 Å². The maximum atomic E-state index is 12.5. The van der Waals surface area contributed by atoms with Crippen LogP contribution in [0.1, 0.15) is 18.5 Å². The van der Waals surface area contributed by atoms with Crippen LogP contribution in [0.25, 0.3) is 0 Å². The normalized spacial score (nSPS) is 15.9. The zero-order valence-electron chi connectivity index (χ0n) is 10.2. The number of aromatic nitrogens is 2. The number of ether oxygens (including phenoxy) is 1. The summed E-state index contributed by atoms with van der Waals surface area (Å²) < 4.78 is 42.7. The largest absolute Gasteiger partial charge is 0.476 e. The minimum absolute atomic E-state index is 0.156. The van der Waals surface area contributed by atoms with Crippen LogP contribution in [-0.2, 0) is 6.18 Å². The third-order valence-corrected chi connectivity index (χ3v) is 3.00. The quantitative estimate of drug-likeness (QED) is 0.783. The summed E-state index contributed by atoms with van der Waals surface area (Å²) in [6.07, 6.45) is -2.24. The molecule has 1 fully saturated rings. The lowest BCUT2D eigenvalue weighted by atomic mass is 10.4. The van der Waals surface area contributed by atoms with Gasteiger partial charge in [0.05, 0.1) is 0 Å². The van der Waals surface area contributed by atoms with Crippen LogP contribution < -0.4 is 4.74 Å². The van der Waals surface area contributed by atoms with Gasteiger partial charge >= 0.3 is 6.18 Å². The van der Waals surface area contributed by atoms with Crippen molar-refractivity contribution in [1.82, 2.24) is 14.9 Å². The highest BCUT2D eigenvalue weighted by Crippen LogP contribution is 2.30. The van der Waals surface area contributed by atoms with Gasteiger partial charge in [0.15, 0.2) is 5.69 Å². The monoisotopic (exact) mass is 295 g/mol. The number of halogens is 4. The first-order valence-corrected chi connectivity index (χ1v) is 6.19. The van der Waals surface area contributed by atoms with Gasteiger partial charge in [-0.3, -0.25) is 0 Å². The molecule has 4 nitrogen and oxygen atoms in total. The van der Waals surface area contributed by atoms with Crippen molar-refractivity contribution in [2.75, 3.05) is 20.2 Å². The Balaban J connectivity index is 1.93. The number of alkyl halides is 3. The molecular weight excluding hydrogens is 283 g/mol. The van der Waals surface area contributed by atoms with Gasteiger partial charge in [-0.15, -0.1) is 0 Å². The minimum atomic E-state index is -4.56. The van der Waals surface area contributed by atoms with Crippen LogP contribution in [0.3, 0.4) is 0 Å². The van der Waals surface area contributed by atoms with Crippen molar-refractivity contribution in [3.8, 4) is 5.88 Å². The minimum Gasteiger partial charge on any atom is -0.476 e. The first-order valence-electron chi connectivity index (χ1n) is 5.81. The van der Waals surface area contributed by atoms with Gasteiger partial charge in [-0.1, -0.05) is 0 Å². The summed E-state index contributed by atoms with van der Waals surface area (Å²) in [6.45, 7) is 0.894. The van der Waals surface area contributed by atoms with E-state index >= 15 is 0 Å². The fraction of sp³-hybridized carbons (Fsp3) is 0.636. The zero-order chi connectivity index (χ0) is 14.0. The third kappa shape index (κ3) is 4.21. The van der Waals surface area contributed by atoms with Gasteiger partial charge in [-0.05, 0) is 31.5 Å². The van der Waals surface area contributed by atoms with E-state index < -0.39 is 17.2 Å². The van der Waals surface area contributed by atoms with Gasteiger partial charge in [0.1, 0.15) is 6.61 Å². The van der Waals surface area contributed by atoms with Crippen molar-refractivity contribution in [3.63, 3.8) is 0 Å². The fourth-order valence-corrected chi connectivity index (χ4v) is 1.78. The number of rotatable bonds is 5. The van der Waals surface area contributed by atoms with Crippen molar-refractivity contribution in [2.45, 2.75) is 25.1 Å². The maximum Gasteiger partial charge on any atom is 0.433 e. The average Bonchev–Trinajstić information content (AvgIpc) is 3.10. The molecule has 0 atom stereocenters. The molecule has 19 heavy (non-hydrogen) atoms. The summed E-state index contributed by atoms with van der Waals surface area (Å²) in [5.74, 6) is -0.156. The summed E-state index contributed by atoms with van der Waals surface area (Å²) in [5, 5.41) is -0.472. The van der Waals surface area contributed by atoms with Gasteiger partial charge < -0.3 is 9.64 Å². The Bertz CT molecular complexity index is 451. The van der Waals surface area contributed by atoms with E-state index in [4.69, 9.17) is 16.3 Å². The number of nitrogens with zero attached hydrogens (tertiary/aromatic N) is 3. The second-order valence-electron chi connectivity index (χ2n) is 4.42. The molecule has 0 bridgehead atoms. The van der Waals surface area contributed by atoms with Gasteiger partial charge in [-0.2, -0.15) is 18.2 Å². The third-order valence-electron chi connectivity index (χ3n) is 2.83. The fourth-order valence-electron chi connectivity index (χ4n) is 1.61. The second-order valence-corrected chi connectivity index (χ2v) is 4.76. The Labute approximate surface area is 113 Å². The summed E-state index contributed by atoms with van der Waals surface area (Å²) in [5.41, 5.74) is -1.10. The lowest BCUT2D eigenvalue weighted by molar-refractivity contribution is -0.141. The summed E-state index contributed by atoms with van der Waals surface area (Å²) in [7, 11) is 1.95. The Morgan fingerprint density at radius 2 is 2.11 bits per heavy atom. The highest BCUT2D eigenvalue weighted by Gasteiger charge is 2.34. The Morgan fingerprint density at radius 1 is 1.42 bits per heavy atom. The molecule has 1 heterocycles. The van der Waals surface area contributed by atoms with Crippen molar-refractivity contribution in [3.05, 3.63) is 17.0 Å². The van der Waals surface area contributed by atoms with E-state index in [2.05, 4.69) is 14.9 Å². The molecule has 0 aliphatic heterocycles.